The van der Waals surface area contributed by atoms with E-state index in [9.17, 15) is 0 Å². The lowest BCUT2D eigenvalue weighted by atomic mass is 10.1. The monoisotopic (exact) mass is 274 g/mol. The molecule has 0 unspecified atom stereocenters. The van der Waals surface area contributed by atoms with Crippen LogP contribution in [0.2, 0.25) is 0 Å². The minimum absolute atomic E-state index is 0.146. The minimum atomic E-state index is 0.146. The highest BCUT2D eigenvalue weighted by molar-refractivity contribution is 5.51. The number of rotatable bonds is 5. The Bertz CT molecular complexity index is 557. The number of aromatic nitrogens is 3. The third kappa shape index (κ3) is 4.42. The van der Waals surface area contributed by atoms with Gasteiger partial charge in [0.25, 0.3) is 0 Å². The van der Waals surface area contributed by atoms with Crippen molar-refractivity contribution in [2.24, 2.45) is 0 Å². The first-order valence-electron chi connectivity index (χ1n) is 6.93. The standard InChI is InChI=1S/C15H22N4O/c1-11-8-12(10-16-9-11)14-19-18-13(20-14)6-5-7-17-15(2,3)4/h8-10,17H,5-7H2,1-4H3. The molecule has 2 rings (SSSR count). The van der Waals surface area contributed by atoms with Gasteiger partial charge in [-0.3, -0.25) is 4.98 Å². The lowest BCUT2D eigenvalue weighted by Gasteiger charge is -2.19. The molecule has 0 aliphatic heterocycles. The zero-order valence-electron chi connectivity index (χ0n) is 12.6. The molecule has 5 heteroatoms. The Morgan fingerprint density at radius 1 is 1.20 bits per heavy atom. The molecule has 0 aliphatic rings. The summed E-state index contributed by atoms with van der Waals surface area (Å²) < 4.78 is 5.67. The molecule has 20 heavy (non-hydrogen) atoms. The molecule has 0 atom stereocenters. The topological polar surface area (TPSA) is 63.8 Å². The van der Waals surface area contributed by atoms with Gasteiger partial charge in [-0.05, 0) is 52.3 Å². The number of hydrogen-bond donors (Lipinski definition) is 1. The van der Waals surface area contributed by atoms with Crippen molar-refractivity contribution in [2.75, 3.05) is 6.54 Å². The van der Waals surface area contributed by atoms with E-state index in [1.165, 1.54) is 0 Å². The lowest BCUT2D eigenvalue weighted by Crippen LogP contribution is -2.36. The molecule has 0 radical (unpaired) electrons. The van der Waals surface area contributed by atoms with E-state index in [-0.39, 0.29) is 5.54 Å². The fraction of sp³-hybridized carbons (Fsp3) is 0.533. The van der Waals surface area contributed by atoms with Crippen LogP contribution in [0.25, 0.3) is 11.5 Å². The van der Waals surface area contributed by atoms with Crippen molar-refractivity contribution in [3.8, 4) is 11.5 Å². The van der Waals surface area contributed by atoms with E-state index in [0.29, 0.717) is 11.8 Å². The molecule has 1 N–H and O–H groups in total. The molecule has 2 aromatic heterocycles. The molecule has 5 nitrogen and oxygen atoms in total. The first-order valence-corrected chi connectivity index (χ1v) is 6.93. The summed E-state index contributed by atoms with van der Waals surface area (Å²) in [5.74, 6) is 1.22. The van der Waals surface area contributed by atoms with E-state index in [1.807, 2.05) is 13.0 Å². The molecule has 0 saturated carbocycles. The van der Waals surface area contributed by atoms with E-state index in [1.54, 1.807) is 12.4 Å². The van der Waals surface area contributed by atoms with Crippen LogP contribution in [0.1, 0.15) is 38.6 Å². The van der Waals surface area contributed by atoms with Crippen LogP contribution in [-0.4, -0.2) is 27.3 Å². The molecule has 0 saturated heterocycles. The maximum Gasteiger partial charge on any atom is 0.249 e. The fourth-order valence-corrected chi connectivity index (χ4v) is 1.85. The predicted molar refractivity (Wildman–Crippen MR) is 78.3 cm³/mol. The maximum absolute atomic E-state index is 5.67. The van der Waals surface area contributed by atoms with Gasteiger partial charge in [-0.1, -0.05) is 0 Å². The number of hydrogen-bond acceptors (Lipinski definition) is 5. The van der Waals surface area contributed by atoms with Crippen molar-refractivity contribution in [3.05, 3.63) is 29.9 Å². The Balaban J connectivity index is 1.90. The number of nitrogens with one attached hydrogen (secondary N) is 1. The van der Waals surface area contributed by atoms with E-state index in [4.69, 9.17) is 4.42 Å². The van der Waals surface area contributed by atoms with Gasteiger partial charge >= 0.3 is 0 Å². The summed E-state index contributed by atoms with van der Waals surface area (Å²) >= 11 is 0. The summed E-state index contributed by atoms with van der Waals surface area (Å²) in [5, 5.41) is 11.6. The molecule has 2 heterocycles. The second-order valence-corrected chi connectivity index (χ2v) is 6.03. The quantitative estimate of drug-likeness (QED) is 0.849. The molecule has 0 spiro atoms. The zero-order valence-corrected chi connectivity index (χ0v) is 12.6. The van der Waals surface area contributed by atoms with Gasteiger partial charge in [0.2, 0.25) is 11.8 Å². The predicted octanol–water partition coefficient (Wildman–Crippen LogP) is 2.76. The van der Waals surface area contributed by atoms with E-state index in [0.717, 1.165) is 30.5 Å². The molecule has 108 valence electrons. The largest absolute Gasteiger partial charge is 0.421 e. The van der Waals surface area contributed by atoms with E-state index < -0.39 is 0 Å². The fourth-order valence-electron chi connectivity index (χ4n) is 1.85. The molecule has 2 aromatic rings. The van der Waals surface area contributed by atoms with Crippen LogP contribution in [0.5, 0.6) is 0 Å². The van der Waals surface area contributed by atoms with Gasteiger partial charge in [0, 0.05) is 24.4 Å². The van der Waals surface area contributed by atoms with Crippen molar-refractivity contribution in [1.29, 1.82) is 0 Å². The molecular formula is C15H22N4O. The van der Waals surface area contributed by atoms with E-state index in [2.05, 4.69) is 41.3 Å². The summed E-state index contributed by atoms with van der Waals surface area (Å²) in [7, 11) is 0. The highest BCUT2D eigenvalue weighted by Crippen LogP contribution is 2.18. The highest BCUT2D eigenvalue weighted by Gasteiger charge is 2.10. The summed E-state index contributed by atoms with van der Waals surface area (Å²) in [6.45, 7) is 9.40. The SMILES string of the molecule is Cc1cncc(-c2nnc(CCCNC(C)(C)C)o2)c1. The van der Waals surface area contributed by atoms with Gasteiger partial charge in [0.15, 0.2) is 0 Å². The number of nitrogens with zero attached hydrogens (tertiary/aromatic N) is 3. The van der Waals surface area contributed by atoms with Crippen molar-refractivity contribution in [2.45, 2.75) is 46.1 Å². The van der Waals surface area contributed by atoms with Crippen LogP contribution >= 0.6 is 0 Å². The Labute approximate surface area is 119 Å². The van der Waals surface area contributed by atoms with Gasteiger partial charge < -0.3 is 9.73 Å². The Morgan fingerprint density at radius 2 is 2.00 bits per heavy atom. The molecule has 0 fully saturated rings. The van der Waals surface area contributed by atoms with E-state index >= 15 is 0 Å². The zero-order chi connectivity index (χ0) is 14.6. The van der Waals surface area contributed by atoms with Crippen LogP contribution in [0.15, 0.2) is 22.9 Å². The third-order valence-electron chi connectivity index (χ3n) is 2.81. The average Bonchev–Trinajstić information content (AvgIpc) is 2.82. The summed E-state index contributed by atoms with van der Waals surface area (Å²) in [6, 6.07) is 1.99. The van der Waals surface area contributed by atoms with Crippen molar-refractivity contribution >= 4 is 0 Å². The van der Waals surface area contributed by atoms with Gasteiger partial charge in [0.1, 0.15) is 0 Å². The molecule has 0 aliphatic carbocycles. The van der Waals surface area contributed by atoms with Gasteiger partial charge in [-0.2, -0.15) is 0 Å². The number of aryl methyl sites for hydroxylation is 2. The maximum atomic E-state index is 5.67. The van der Waals surface area contributed by atoms with Gasteiger partial charge in [-0.15, -0.1) is 10.2 Å². The van der Waals surface area contributed by atoms with Gasteiger partial charge in [0.05, 0.1) is 5.56 Å². The molecule has 0 aromatic carbocycles. The average molecular weight is 274 g/mol. The second kappa shape index (κ2) is 6.13. The lowest BCUT2D eigenvalue weighted by molar-refractivity contribution is 0.412. The van der Waals surface area contributed by atoms with Crippen molar-refractivity contribution in [3.63, 3.8) is 0 Å². The summed E-state index contributed by atoms with van der Waals surface area (Å²) in [4.78, 5) is 4.13. The first kappa shape index (κ1) is 14.7. The molecule has 0 bridgehead atoms. The summed E-state index contributed by atoms with van der Waals surface area (Å²) in [5.41, 5.74) is 2.10. The second-order valence-electron chi connectivity index (χ2n) is 6.03. The normalized spacial score (nSPS) is 11.8. The van der Waals surface area contributed by atoms with Crippen LogP contribution < -0.4 is 5.32 Å². The van der Waals surface area contributed by atoms with Gasteiger partial charge in [-0.25, -0.2) is 0 Å². The van der Waals surface area contributed by atoms with Crippen LogP contribution in [-0.2, 0) is 6.42 Å². The molecule has 0 amide bonds. The van der Waals surface area contributed by atoms with Crippen molar-refractivity contribution < 1.29 is 4.42 Å². The van der Waals surface area contributed by atoms with Crippen LogP contribution in [0.3, 0.4) is 0 Å². The minimum Gasteiger partial charge on any atom is -0.421 e. The van der Waals surface area contributed by atoms with Crippen molar-refractivity contribution in [1.82, 2.24) is 20.5 Å². The smallest absolute Gasteiger partial charge is 0.249 e. The number of pyridine rings is 1. The third-order valence-corrected chi connectivity index (χ3v) is 2.81. The molecular weight excluding hydrogens is 252 g/mol. The highest BCUT2D eigenvalue weighted by atomic mass is 16.4. The Kier molecular flexibility index (Phi) is 4.49. The van der Waals surface area contributed by atoms with Crippen LogP contribution in [0, 0.1) is 6.92 Å². The summed E-state index contributed by atoms with van der Waals surface area (Å²) in [6.07, 6.45) is 5.31. The van der Waals surface area contributed by atoms with Crippen LogP contribution in [0.4, 0.5) is 0 Å². The Hall–Kier alpha value is -1.75. The first-order chi connectivity index (χ1) is 9.44. The Morgan fingerprint density at radius 3 is 2.70 bits per heavy atom.